The number of amides is 1. The van der Waals surface area contributed by atoms with Crippen LogP contribution in [0.25, 0.3) is 0 Å². The fraction of sp³-hybridized carbons (Fsp3) is 0.409. The summed E-state index contributed by atoms with van der Waals surface area (Å²) in [6.07, 6.45) is 2.76. The number of rotatable bonds is 10. The van der Waals surface area contributed by atoms with Gasteiger partial charge in [0.1, 0.15) is 18.1 Å². The van der Waals surface area contributed by atoms with E-state index in [0.29, 0.717) is 24.6 Å². The Morgan fingerprint density at radius 3 is 2.24 bits per heavy atom. The minimum absolute atomic E-state index is 0.0162. The van der Waals surface area contributed by atoms with Crippen molar-refractivity contribution in [2.75, 3.05) is 38.7 Å². The molecule has 0 atom stereocenters. The zero-order valence-electron chi connectivity index (χ0n) is 19.1. The van der Waals surface area contributed by atoms with Gasteiger partial charge in [0.2, 0.25) is 26.0 Å². The van der Waals surface area contributed by atoms with Crippen molar-refractivity contribution in [2.24, 2.45) is 0 Å². The number of anilines is 1. The number of methoxy groups -OCH3 is 1. The Morgan fingerprint density at radius 1 is 0.971 bits per heavy atom. The number of nitrogens with zero attached hydrogens (tertiary/aromatic N) is 1. The summed E-state index contributed by atoms with van der Waals surface area (Å²) in [6, 6.07) is 10.2. The Morgan fingerprint density at radius 2 is 1.62 bits per heavy atom. The summed E-state index contributed by atoms with van der Waals surface area (Å²) in [5.74, 6) is 0.404. The van der Waals surface area contributed by atoms with E-state index in [0.717, 1.165) is 19.3 Å². The van der Waals surface area contributed by atoms with Crippen LogP contribution in [0.2, 0.25) is 0 Å². The van der Waals surface area contributed by atoms with Crippen LogP contribution in [0.5, 0.6) is 11.5 Å². The molecule has 0 aliphatic carbocycles. The fourth-order valence-corrected chi connectivity index (χ4v) is 6.09. The van der Waals surface area contributed by atoms with E-state index in [1.807, 2.05) is 0 Å². The lowest BCUT2D eigenvalue weighted by Gasteiger charge is -2.25. The summed E-state index contributed by atoms with van der Waals surface area (Å²) >= 11 is 0. The minimum Gasteiger partial charge on any atom is -0.495 e. The van der Waals surface area contributed by atoms with Crippen molar-refractivity contribution in [3.8, 4) is 11.5 Å². The molecule has 1 aliphatic rings. The number of ether oxygens (including phenoxy) is 2. The van der Waals surface area contributed by atoms with Gasteiger partial charge in [0.15, 0.2) is 0 Å². The van der Waals surface area contributed by atoms with E-state index in [4.69, 9.17) is 9.47 Å². The summed E-state index contributed by atoms with van der Waals surface area (Å²) in [5.41, 5.74) is 0.244. The second kappa shape index (κ2) is 11.2. The Balaban J connectivity index is 1.56. The molecule has 1 heterocycles. The van der Waals surface area contributed by atoms with Crippen LogP contribution in [0.1, 0.15) is 26.2 Å². The maximum atomic E-state index is 12.7. The molecule has 12 heteroatoms. The monoisotopic (exact) mass is 511 g/mol. The lowest BCUT2D eigenvalue weighted by molar-refractivity contribution is -0.114. The van der Waals surface area contributed by atoms with Gasteiger partial charge in [0.25, 0.3) is 0 Å². The molecule has 1 saturated heterocycles. The molecule has 1 amide bonds. The van der Waals surface area contributed by atoms with Gasteiger partial charge in [-0.15, -0.1) is 0 Å². The lowest BCUT2D eigenvalue weighted by Crippen LogP contribution is -2.35. The van der Waals surface area contributed by atoms with Gasteiger partial charge < -0.3 is 14.8 Å². The van der Waals surface area contributed by atoms with E-state index in [1.165, 1.54) is 48.7 Å². The molecule has 1 fully saturated rings. The van der Waals surface area contributed by atoms with Crippen LogP contribution >= 0.6 is 0 Å². The summed E-state index contributed by atoms with van der Waals surface area (Å²) < 4.78 is 65.2. The quantitative estimate of drug-likeness (QED) is 0.468. The molecule has 2 aromatic rings. The van der Waals surface area contributed by atoms with Crippen molar-refractivity contribution in [3.05, 3.63) is 42.5 Å². The van der Waals surface area contributed by atoms with E-state index in [2.05, 4.69) is 10.0 Å². The van der Waals surface area contributed by atoms with E-state index in [1.54, 1.807) is 12.1 Å². The number of benzene rings is 2. The fourth-order valence-electron chi connectivity index (χ4n) is 3.53. The van der Waals surface area contributed by atoms with Crippen LogP contribution in [-0.4, -0.2) is 60.4 Å². The summed E-state index contributed by atoms with van der Waals surface area (Å²) in [4.78, 5) is 11.5. The second-order valence-electron chi connectivity index (χ2n) is 7.73. The third kappa shape index (κ3) is 6.47. The number of carbonyl (C=O) groups is 1. The largest absolute Gasteiger partial charge is 0.495 e. The van der Waals surface area contributed by atoms with Gasteiger partial charge in [-0.2, -0.15) is 4.31 Å². The highest BCUT2D eigenvalue weighted by atomic mass is 32.2. The molecule has 1 aliphatic heterocycles. The predicted molar refractivity (Wildman–Crippen MR) is 127 cm³/mol. The van der Waals surface area contributed by atoms with Crippen LogP contribution in [0.15, 0.2) is 52.3 Å². The van der Waals surface area contributed by atoms with E-state index in [-0.39, 0.29) is 34.5 Å². The van der Waals surface area contributed by atoms with Crippen molar-refractivity contribution in [1.82, 2.24) is 9.03 Å². The number of hydrogen-bond acceptors (Lipinski definition) is 7. The number of carbonyl (C=O) groups excluding carboxylic acids is 1. The van der Waals surface area contributed by atoms with Crippen molar-refractivity contribution >= 4 is 31.6 Å². The third-order valence-electron chi connectivity index (χ3n) is 5.23. The van der Waals surface area contributed by atoms with Crippen LogP contribution in [0, 0.1) is 0 Å². The van der Waals surface area contributed by atoms with Gasteiger partial charge in [-0.25, -0.2) is 21.6 Å². The first-order chi connectivity index (χ1) is 16.1. The van der Waals surface area contributed by atoms with Crippen LogP contribution in [0.4, 0.5) is 5.69 Å². The van der Waals surface area contributed by atoms with Gasteiger partial charge in [0.05, 0.1) is 22.6 Å². The molecule has 0 bridgehead atoms. The average molecular weight is 512 g/mol. The molecule has 34 heavy (non-hydrogen) atoms. The Labute approximate surface area is 200 Å². The van der Waals surface area contributed by atoms with Gasteiger partial charge in [-0.1, -0.05) is 6.42 Å². The first-order valence-electron chi connectivity index (χ1n) is 10.8. The molecule has 0 aromatic heterocycles. The molecule has 10 nitrogen and oxygen atoms in total. The maximum absolute atomic E-state index is 12.7. The van der Waals surface area contributed by atoms with Crippen molar-refractivity contribution in [1.29, 1.82) is 0 Å². The maximum Gasteiger partial charge on any atom is 0.243 e. The summed E-state index contributed by atoms with van der Waals surface area (Å²) in [7, 11) is -5.96. The zero-order valence-corrected chi connectivity index (χ0v) is 20.7. The minimum atomic E-state index is -3.86. The number of nitrogens with one attached hydrogen (secondary N) is 2. The highest BCUT2D eigenvalue weighted by Crippen LogP contribution is 2.27. The first kappa shape index (κ1) is 25.9. The standard InChI is InChI=1S/C22H29N3O7S2/c1-17(26)24-21-16-20(10-11-22(21)31-2)33(27,28)23-12-15-32-18-6-8-19(9-7-18)34(29,30)25-13-4-3-5-14-25/h6-11,16,23H,3-5,12-15H2,1-2H3,(H,24,26). The topological polar surface area (TPSA) is 131 Å². The number of piperidine rings is 1. The van der Waals surface area contributed by atoms with Crippen molar-refractivity contribution < 1.29 is 31.1 Å². The molecule has 0 spiro atoms. The molecular weight excluding hydrogens is 482 g/mol. The smallest absolute Gasteiger partial charge is 0.243 e. The number of sulfonamides is 2. The summed E-state index contributed by atoms with van der Waals surface area (Å²) in [6.45, 7) is 2.39. The van der Waals surface area contributed by atoms with E-state index < -0.39 is 20.0 Å². The first-order valence-corrected chi connectivity index (χ1v) is 13.7. The normalized spacial score (nSPS) is 15.0. The predicted octanol–water partition coefficient (Wildman–Crippen LogP) is 2.19. The Kier molecular flexibility index (Phi) is 8.52. The van der Waals surface area contributed by atoms with E-state index in [9.17, 15) is 21.6 Å². The van der Waals surface area contributed by atoms with Crippen LogP contribution in [0.3, 0.4) is 0 Å². The lowest BCUT2D eigenvalue weighted by atomic mass is 10.2. The molecule has 2 N–H and O–H groups in total. The highest BCUT2D eigenvalue weighted by molar-refractivity contribution is 7.89. The van der Waals surface area contributed by atoms with Crippen molar-refractivity contribution in [3.63, 3.8) is 0 Å². The number of hydrogen-bond donors (Lipinski definition) is 2. The molecule has 186 valence electrons. The van der Waals surface area contributed by atoms with Gasteiger partial charge >= 0.3 is 0 Å². The summed E-state index contributed by atoms with van der Waals surface area (Å²) in [5, 5.41) is 2.53. The molecule has 2 aromatic carbocycles. The highest BCUT2D eigenvalue weighted by Gasteiger charge is 2.25. The van der Waals surface area contributed by atoms with Gasteiger partial charge in [-0.3, -0.25) is 4.79 Å². The third-order valence-corrected chi connectivity index (χ3v) is 8.60. The van der Waals surface area contributed by atoms with Crippen molar-refractivity contribution in [2.45, 2.75) is 36.0 Å². The SMILES string of the molecule is COc1ccc(S(=O)(=O)NCCOc2ccc(S(=O)(=O)N3CCCCC3)cc2)cc1NC(C)=O. The molecule has 0 radical (unpaired) electrons. The Hall–Kier alpha value is -2.67. The molecule has 0 unspecified atom stereocenters. The molecular formula is C22H29N3O7S2. The van der Waals surface area contributed by atoms with Gasteiger partial charge in [-0.05, 0) is 55.3 Å². The van der Waals surface area contributed by atoms with E-state index >= 15 is 0 Å². The molecule has 0 saturated carbocycles. The van der Waals surface area contributed by atoms with Crippen LogP contribution in [-0.2, 0) is 24.8 Å². The molecule has 3 rings (SSSR count). The average Bonchev–Trinajstić information content (AvgIpc) is 2.82. The zero-order chi connectivity index (χ0) is 24.8. The van der Waals surface area contributed by atoms with Crippen LogP contribution < -0.4 is 19.5 Å². The van der Waals surface area contributed by atoms with Gasteiger partial charge in [0, 0.05) is 26.6 Å². The Bertz CT molecular complexity index is 1210. The second-order valence-corrected chi connectivity index (χ2v) is 11.4.